The number of nitrogens with one attached hydrogen (secondary N) is 1. The van der Waals surface area contributed by atoms with Crippen LogP contribution in [0.25, 0.3) is 10.6 Å². The Kier molecular flexibility index (Phi) is 5.34. The Morgan fingerprint density at radius 2 is 2.05 bits per heavy atom. The molecular weight excluding hydrogens is 280 g/mol. The van der Waals surface area contributed by atoms with Crippen molar-refractivity contribution in [3.05, 3.63) is 39.9 Å². The second-order valence-electron chi connectivity index (χ2n) is 4.20. The molecule has 1 N–H and O–H groups in total. The van der Waals surface area contributed by atoms with Crippen LogP contribution >= 0.6 is 22.9 Å². The zero-order valence-electron chi connectivity index (χ0n) is 11.1. The molecule has 0 unspecified atom stereocenters. The Labute approximate surface area is 122 Å². The number of methoxy groups -OCH3 is 1. The molecule has 102 valence electrons. The molecule has 0 atom stereocenters. The van der Waals surface area contributed by atoms with Gasteiger partial charge >= 0.3 is 0 Å². The third kappa shape index (κ3) is 4.01. The number of hydrogen-bond donors (Lipinski definition) is 1. The van der Waals surface area contributed by atoms with E-state index in [2.05, 4.69) is 10.3 Å². The first-order chi connectivity index (χ1) is 9.20. The topological polar surface area (TPSA) is 34.1 Å². The summed E-state index contributed by atoms with van der Waals surface area (Å²) in [6.45, 7) is 4.45. The fraction of sp³-hybridized carbons (Fsp3) is 0.357. The molecule has 19 heavy (non-hydrogen) atoms. The molecule has 0 spiro atoms. The van der Waals surface area contributed by atoms with Crippen molar-refractivity contribution in [3.63, 3.8) is 0 Å². The van der Waals surface area contributed by atoms with Crippen LogP contribution in [0, 0.1) is 6.92 Å². The van der Waals surface area contributed by atoms with Gasteiger partial charge in [-0.1, -0.05) is 23.7 Å². The van der Waals surface area contributed by atoms with E-state index in [-0.39, 0.29) is 0 Å². The minimum Gasteiger partial charge on any atom is -0.383 e. The van der Waals surface area contributed by atoms with E-state index < -0.39 is 0 Å². The van der Waals surface area contributed by atoms with E-state index in [9.17, 15) is 0 Å². The summed E-state index contributed by atoms with van der Waals surface area (Å²) < 4.78 is 5.01. The molecule has 3 nitrogen and oxygen atoms in total. The smallest absolute Gasteiger partial charge is 0.123 e. The van der Waals surface area contributed by atoms with Gasteiger partial charge in [-0.2, -0.15) is 0 Å². The average Bonchev–Trinajstić information content (AvgIpc) is 2.77. The van der Waals surface area contributed by atoms with Crippen molar-refractivity contribution in [1.82, 2.24) is 10.3 Å². The molecule has 0 amide bonds. The van der Waals surface area contributed by atoms with Gasteiger partial charge in [0.1, 0.15) is 5.01 Å². The van der Waals surface area contributed by atoms with E-state index >= 15 is 0 Å². The molecule has 1 aromatic carbocycles. The summed E-state index contributed by atoms with van der Waals surface area (Å²) in [5, 5.41) is 5.13. The molecule has 2 aromatic rings. The van der Waals surface area contributed by atoms with Crippen LogP contribution in [0.4, 0.5) is 0 Å². The van der Waals surface area contributed by atoms with Gasteiger partial charge in [-0.25, -0.2) is 4.98 Å². The van der Waals surface area contributed by atoms with Crippen LogP contribution in [-0.2, 0) is 11.3 Å². The first-order valence-electron chi connectivity index (χ1n) is 6.12. The lowest BCUT2D eigenvalue weighted by molar-refractivity contribution is 0.199. The van der Waals surface area contributed by atoms with Crippen LogP contribution in [0.15, 0.2) is 24.3 Å². The van der Waals surface area contributed by atoms with Gasteiger partial charge in [0, 0.05) is 35.7 Å². The number of nitrogens with zero attached hydrogens (tertiary/aromatic N) is 1. The molecule has 2 rings (SSSR count). The van der Waals surface area contributed by atoms with Gasteiger partial charge in [0.25, 0.3) is 0 Å². The Hall–Kier alpha value is -0.940. The SMILES string of the molecule is COCCNCc1sc(-c2ccc(Cl)cc2)nc1C. The largest absolute Gasteiger partial charge is 0.383 e. The lowest BCUT2D eigenvalue weighted by Crippen LogP contribution is -2.18. The number of thiazole rings is 1. The molecule has 0 bridgehead atoms. The molecule has 0 fully saturated rings. The van der Waals surface area contributed by atoms with Gasteiger partial charge in [-0.3, -0.25) is 0 Å². The number of halogens is 1. The molecule has 0 radical (unpaired) electrons. The normalized spacial score (nSPS) is 10.9. The van der Waals surface area contributed by atoms with E-state index in [1.165, 1.54) is 4.88 Å². The second kappa shape index (κ2) is 7.01. The summed E-state index contributed by atoms with van der Waals surface area (Å²) in [6, 6.07) is 7.79. The second-order valence-corrected chi connectivity index (χ2v) is 5.72. The molecule has 0 saturated heterocycles. The minimum absolute atomic E-state index is 0.724. The summed E-state index contributed by atoms with van der Waals surface area (Å²) >= 11 is 7.61. The third-order valence-corrected chi connectivity index (χ3v) is 4.21. The zero-order valence-corrected chi connectivity index (χ0v) is 12.6. The number of hydrogen-bond acceptors (Lipinski definition) is 4. The quantitative estimate of drug-likeness (QED) is 0.828. The highest BCUT2D eigenvalue weighted by atomic mass is 35.5. The van der Waals surface area contributed by atoms with E-state index in [1.54, 1.807) is 18.4 Å². The van der Waals surface area contributed by atoms with E-state index in [0.29, 0.717) is 0 Å². The Bertz CT molecular complexity index is 525. The zero-order chi connectivity index (χ0) is 13.7. The van der Waals surface area contributed by atoms with E-state index in [4.69, 9.17) is 16.3 Å². The van der Waals surface area contributed by atoms with Crippen LogP contribution < -0.4 is 5.32 Å². The Balaban J connectivity index is 2.05. The van der Waals surface area contributed by atoms with Gasteiger partial charge < -0.3 is 10.1 Å². The van der Waals surface area contributed by atoms with E-state index in [0.717, 1.165) is 41.0 Å². The van der Waals surface area contributed by atoms with Gasteiger partial charge in [0.2, 0.25) is 0 Å². The van der Waals surface area contributed by atoms with Crippen LogP contribution in [0.5, 0.6) is 0 Å². The standard InChI is InChI=1S/C14H17ClN2OS/c1-10-13(9-16-7-8-18-2)19-14(17-10)11-3-5-12(15)6-4-11/h3-6,16H,7-9H2,1-2H3. The summed E-state index contributed by atoms with van der Waals surface area (Å²) in [7, 11) is 1.71. The molecular formula is C14H17ClN2OS. The maximum atomic E-state index is 5.89. The molecule has 1 aromatic heterocycles. The van der Waals surface area contributed by atoms with Gasteiger partial charge in [-0.15, -0.1) is 11.3 Å². The molecule has 0 aliphatic heterocycles. The van der Waals surface area contributed by atoms with Crippen LogP contribution in [0.3, 0.4) is 0 Å². The first-order valence-corrected chi connectivity index (χ1v) is 7.32. The lowest BCUT2D eigenvalue weighted by atomic mass is 10.2. The highest BCUT2D eigenvalue weighted by molar-refractivity contribution is 7.15. The predicted octanol–water partition coefficient (Wildman–Crippen LogP) is 3.51. The van der Waals surface area contributed by atoms with Crippen molar-refractivity contribution in [2.45, 2.75) is 13.5 Å². The summed E-state index contributed by atoms with van der Waals surface area (Å²) in [5.41, 5.74) is 2.19. The highest BCUT2D eigenvalue weighted by Crippen LogP contribution is 2.28. The van der Waals surface area contributed by atoms with Crippen molar-refractivity contribution in [2.75, 3.05) is 20.3 Å². The van der Waals surface area contributed by atoms with Gasteiger partial charge in [-0.05, 0) is 19.1 Å². The number of ether oxygens (including phenoxy) is 1. The molecule has 0 aliphatic carbocycles. The monoisotopic (exact) mass is 296 g/mol. The number of aromatic nitrogens is 1. The highest BCUT2D eigenvalue weighted by Gasteiger charge is 2.08. The summed E-state index contributed by atoms with van der Waals surface area (Å²) in [6.07, 6.45) is 0. The predicted molar refractivity (Wildman–Crippen MR) is 80.9 cm³/mol. The molecule has 1 heterocycles. The van der Waals surface area contributed by atoms with Crippen molar-refractivity contribution < 1.29 is 4.74 Å². The van der Waals surface area contributed by atoms with Crippen molar-refractivity contribution in [1.29, 1.82) is 0 Å². The van der Waals surface area contributed by atoms with E-state index in [1.807, 2.05) is 31.2 Å². The summed E-state index contributed by atoms with van der Waals surface area (Å²) in [5.74, 6) is 0. The van der Waals surface area contributed by atoms with Crippen LogP contribution in [-0.4, -0.2) is 25.2 Å². The van der Waals surface area contributed by atoms with Crippen LogP contribution in [0.1, 0.15) is 10.6 Å². The Morgan fingerprint density at radius 3 is 2.74 bits per heavy atom. The first kappa shape index (κ1) is 14.5. The molecule has 5 heteroatoms. The lowest BCUT2D eigenvalue weighted by Gasteiger charge is -2.01. The third-order valence-electron chi connectivity index (χ3n) is 2.75. The van der Waals surface area contributed by atoms with Crippen molar-refractivity contribution in [3.8, 4) is 10.6 Å². The fourth-order valence-electron chi connectivity index (χ4n) is 1.68. The molecule has 0 aliphatic rings. The number of rotatable bonds is 6. The maximum absolute atomic E-state index is 5.89. The average molecular weight is 297 g/mol. The van der Waals surface area contributed by atoms with Gasteiger partial charge in [0.05, 0.1) is 12.3 Å². The summed E-state index contributed by atoms with van der Waals surface area (Å²) in [4.78, 5) is 5.88. The maximum Gasteiger partial charge on any atom is 0.123 e. The molecule has 0 saturated carbocycles. The van der Waals surface area contributed by atoms with Gasteiger partial charge in [0.15, 0.2) is 0 Å². The van der Waals surface area contributed by atoms with Crippen LogP contribution in [0.2, 0.25) is 5.02 Å². The number of benzene rings is 1. The van der Waals surface area contributed by atoms with Crippen molar-refractivity contribution in [2.24, 2.45) is 0 Å². The fourth-order valence-corrected chi connectivity index (χ4v) is 2.85. The minimum atomic E-state index is 0.724. The number of aryl methyl sites for hydroxylation is 1. The van der Waals surface area contributed by atoms with Crippen molar-refractivity contribution >= 4 is 22.9 Å². The Morgan fingerprint density at radius 1 is 1.32 bits per heavy atom.